The van der Waals surface area contributed by atoms with Gasteiger partial charge in [-0.05, 0) is 35.5 Å². The van der Waals surface area contributed by atoms with Gasteiger partial charge in [-0.15, -0.1) is 0 Å². The van der Waals surface area contributed by atoms with Crippen LogP contribution in [0.2, 0.25) is 0 Å². The van der Waals surface area contributed by atoms with E-state index in [1.165, 1.54) is 16.7 Å². The molecule has 1 aromatic rings. The molecular formula is C17H22N3O3S+. The molecule has 24 heavy (non-hydrogen) atoms. The Balaban J connectivity index is 1.74. The van der Waals surface area contributed by atoms with E-state index in [4.69, 9.17) is 9.47 Å². The minimum Gasteiger partial charge on any atom is -0.493 e. The molecule has 3 rings (SSSR count). The minimum absolute atomic E-state index is 0.170. The fourth-order valence-electron chi connectivity index (χ4n) is 2.71. The maximum atomic E-state index is 12.2. The number of ether oxygens (including phenoxy) is 2. The first-order valence-electron chi connectivity index (χ1n) is 7.91. The van der Waals surface area contributed by atoms with Crippen LogP contribution in [0.25, 0.3) is 6.08 Å². The lowest BCUT2D eigenvalue weighted by Crippen LogP contribution is -3.12. The number of rotatable bonds is 3. The van der Waals surface area contributed by atoms with E-state index < -0.39 is 0 Å². The predicted molar refractivity (Wildman–Crippen MR) is 95.7 cm³/mol. The van der Waals surface area contributed by atoms with Gasteiger partial charge in [0, 0.05) is 0 Å². The quantitative estimate of drug-likeness (QED) is 0.807. The van der Waals surface area contributed by atoms with Crippen LogP contribution in [0.4, 0.5) is 0 Å². The van der Waals surface area contributed by atoms with E-state index in [0.717, 1.165) is 36.9 Å². The third kappa shape index (κ3) is 3.57. The molecular weight excluding hydrogens is 326 g/mol. The number of nitrogens with zero attached hydrogens (tertiary/aromatic N) is 2. The standard InChI is InChI=1S/C17H21N3O3S/c1-19-6-8-20(9-7-19)17-18-16(21)15(24-17)11-12-4-5-13(22-2)14(10-12)23-3/h4-5,10-11H,6-9H2,1-3H3/p+1/b15-11+. The molecule has 128 valence electrons. The Hall–Kier alpha value is -1.99. The van der Waals surface area contributed by atoms with Crippen LogP contribution < -0.4 is 14.4 Å². The fourth-order valence-corrected chi connectivity index (χ4v) is 3.67. The lowest BCUT2D eigenvalue weighted by Gasteiger charge is -2.30. The molecule has 0 aliphatic carbocycles. The van der Waals surface area contributed by atoms with Crippen molar-refractivity contribution in [2.24, 2.45) is 4.99 Å². The third-order valence-electron chi connectivity index (χ3n) is 4.20. The number of amides is 1. The molecule has 0 radical (unpaired) electrons. The summed E-state index contributed by atoms with van der Waals surface area (Å²) in [6.45, 7) is 4.02. The van der Waals surface area contributed by atoms with Crippen molar-refractivity contribution in [1.29, 1.82) is 0 Å². The summed E-state index contributed by atoms with van der Waals surface area (Å²) in [6, 6.07) is 5.59. The van der Waals surface area contributed by atoms with Gasteiger partial charge in [-0.3, -0.25) is 4.79 Å². The zero-order chi connectivity index (χ0) is 17.1. The van der Waals surface area contributed by atoms with Gasteiger partial charge in [-0.1, -0.05) is 6.07 Å². The highest BCUT2D eigenvalue weighted by molar-refractivity contribution is 8.18. The van der Waals surface area contributed by atoms with Gasteiger partial charge in [0.2, 0.25) is 0 Å². The lowest BCUT2D eigenvalue weighted by molar-refractivity contribution is -0.883. The second-order valence-electron chi connectivity index (χ2n) is 5.87. The van der Waals surface area contributed by atoms with Crippen LogP contribution >= 0.6 is 11.8 Å². The van der Waals surface area contributed by atoms with E-state index >= 15 is 0 Å². The number of methoxy groups -OCH3 is 2. The van der Waals surface area contributed by atoms with Gasteiger partial charge in [-0.25, -0.2) is 0 Å². The van der Waals surface area contributed by atoms with Gasteiger partial charge < -0.3 is 19.3 Å². The van der Waals surface area contributed by atoms with Crippen LogP contribution in [0.15, 0.2) is 28.1 Å². The first-order chi connectivity index (χ1) is 11.6. The van der Waals surface area contributed by atoms with E-state index in [1.54, 1.807) is 14.2 Å². The molecule has 7 heteroatoms. The number of thioether (sulfide) groups is 1. The Morgan fingerprint density at radius 2 is 1.92 bits per heavy atom. The number of piperazine rings is 1. The molecule has 6 nitrogen and oxygen atoms in total. The highest BCUT2D eigenvalue weighted by Crippen LogP contribution is 2.33. The maximum absolute atomic E-state index is 12.2. The van der Waals surface area contributed by atoms with E-state index in [9.17, 15) is 4.79 Å². The number of carbonyl (C=O) groups is 1. The monoisotopic (exact) mass is 348 g/mol. The van der Waals surface area contributed by atoms with Gasteiger partial charge in [0.25, 0.3) is 5.91 Å². The second-order valence-corrected chi connectivity index (χ2v) is 6.88. The molecule has 0 atom stereocenters. The van der Waals surface area contributed by atoms with Crippen molar-refractivity contribution in [2.45, 2.75) is 0 Å². The van der Waals surface area contributed by atoms with E-state index in [-0.39, 0.29) is 5.91 Å². The second kappa shape index (κ2) is 7.27. The number of likely N-dealkylation sites (N-methyl/N-ethyl adjacent to an activating group) is 1. The molecule has 1 aromatic carbocycles. The average molecular weight is 348 g/mol. The number of aliphatic imine (C=N–C) groups is 1. The van der Waals surface area contributed by atoms with Crippen molar-refractivity contribution in [2.75, 3.05) is 47.4 Å². The Morgan fingerprint density at radius 1 is 1.21 bits per heavy atom. The van der Waals surface area contributed by atoms with Gasteiger partial charge in [0.15, 0.2) is 16.7 Å². The lowest BCUT2D eigenvalue weighted by atomic mass is 10.2. The van der Waals surface area contributed by atoms with Crippen molar-refractivity contribution in [3.8, 4) is 11.5 Å². The molecule has 1 amide bonds. The van der Waals surface area contributed by atoms with Crippen LogP contribution in [-0.4, -0.2) is 63.4 Å². The summed E-state index contributed by atoms with van der Waals surface area (Å²) < 4.78 is 10.5. The molecule has 0 unspecified atom stereocenters. The predicted octanol–water partition coefficient (Wildman–Crippen LogP) is 0.504. The van der Waals surface area contributed by atoms with Gasteiger partial charge >= 0.3 is 0 Å². The smallest absolute Gasteiger partial charge is 0.286 e. The number of nitrogens with one attached hydrogen (secondary N) is 1. The topological polar surface area (TPSA) is 55.6 Å². The summed E-state index contributed by atoms with van der Waals surface area (Å²) in [5, 5.41) is 0.819. The first-order valence-corrected chi connectivity index (χ1v) is 8.73. The van der Waals surface area contributed by atoms with Crippen molar-refractivity contribution < 1.29 is 19.2 Å². The molecule has 1 N–H and O–H groups in total. The van der Waals surface area contributed by atoms with Crippen LogP contribution in [0, 0.1) is 0 Å². The van der Waals surface area contributed by atoms with Crippen molar-refractivity contribution in [1.82, 2.24) is 4.90 Å². The van der Waals surface area contributed by atoms with Crippen LogP contribution in [0.5, 0.6) is 11.5 Å². The summed E-state index contributed by atoms with van der Waals surface area (Å²) >= 11 is 1.45. The van der Waals surface area contributed by atoms with Gasteiger partial charge in [0.1, 0.15) is 0 Å². The van der Waals surface area contributed by atoms with Gasteiger partial charge in [0.05, 0.1) is 52.4 Å². The van der Waals surface area contributed by atoms with Crippen LogP contribution in [0.1, 0.15) is 5.56 Å². The Morgan fingerprint density at radius 3 is 2.58 bits per heavy atom. The molecule has 0 bridgehead atoms. The number of amidine groups is 1. The Labute approximate surface area is 146 Å². The normalized spacial score (nSPS) is 20.5. The molecule has 2 aliphatic heterocycles. The van der Waals surface area contributed by atoms with Crippen LogP contribution in [-0.2, 0) is 4.79 Å². The number of hydrogen-bond donors (Lipinski definition) is 1. The Kier molecular flexibility index (Phi) is 5.11. The minimum atomic E-state index is -0.170. The summed E-state index contributed by atoms with van der Waals surface area (Å²) in [4.78, 5) is 20.8. The summed E-state index contributed by atoms with van der Waals surface area (Å²) in [6.07, 6.45) is 1.85. The summed E-state index contributed by atoms with van der Waals surface area (Å²) in [5.41, 5.74) is 0.891. The molecule has 1 saturated heterocycles. The molecule has 0 spiro atoms. The summed E-state index contributed by atoms with van der Waals surface area (Å²) in [7, 11) is 5.39. The van der Waals surface area contributed by atoms with E-state index in [2.05, 4.69) is 16.9 Å². The van der Waals surface area contributed by atoms with Crippen molar-refractivity contribution in [3.05, 3.63) is 28.7 Å². The molecule has 2 aliphatic rings. The third-order valence-corrected chi connectivity index (χ3v) is 5.25. The molecule has 0 saturated carbocycles. The zero-order valence-electron chi connectivity index (χ0n) is 14.2. The zero-order valence-corrected chi connectivity index (χ0v) is 15.0. The van der Waals surface area contributed by atoms with Crippen molar-refractivity contribution in [3.63, 3.8) is 0 Å². The molecule has 0 aromatic heterocycles. The Bertz CT molecular complexity index is 694. The van der Waals surface area contributed by atoms with Crippen LogP contribution in [0.3, 0.4) is 0 Å². The molecule has 2 heterocycles. The number of quaternary nitrogens is 1. The number of hydrogen-bond acceptors (Lipinski definition) is 5. The molecule has 1 fully saturated rings. The number of benzene rings is 1. The highest BCUT2D eigenvalue weighted by atomic mass is 32.2. The first kappa shape index (κ1) is 16.9. The average Bonchev–Trinajstić information content (AvgIpc) is 2.96. The number of carbonyl (C=O) groups excluding carboxylic acids is 1. The van der Waals surface area contributed by atoms with Crippen molar-refractivity contribution >= 4 is 28.9 Å². The largest absolute Gasteiger partial charge is 0.493 e. The van der Waals surface area contributed by atoms with Gasteiger partial charge in [-0.2, -0.15) is 4.99 Å². The fraction of sp³-hybridized carbons (Fsp3) is 0.412. The highest BCUT2D eigenvalue weighted by Gasteiger charge is 2.28. The SMILES string of the molecule is COc1ccc(/C=C2/SC(N3CC[NH+](C)CC3)=NC2=O)cc1OC. The van der Waals surface area contributed by atoms with E-state index in [1.807, 2.05) is 24.3 Å². The maximum Gasteiger partial charge on any atom is 0.286 e. The van der Waals surface area contributed by atoms with E-state index in [0.29, 0.717) is 16.4 Å². The summed E-state index contributed by atoms with van der Waals surface area (Å²) in [5.74, 6) is 1.14.